The Kier molecular flexibility index (Phi) is 4.17. The SMILES string of the molecule is Cc1cc(N(CC2CCCN2)C2CC2)c(Br)cc1[N+](=O)[O-]. The quantitative estimate of drug-likeness (QED) is 0.651. The van der Waals surface area contributed by atoms with Gasteiger partial charge < -0.3 is 10.2 Å². The van der Waals surface area contributed by atoms with Crippen molar-refractivity contribution in [3.05, 3.63) is 32.3 Å². The summed E-state index contributed by atoms with van der Waals surface area (Å²) < 4.78 is 0.824. The van der Waals surface area contributed by atoms with Crippen molar-refractivity contribution in [1.29, 1.82) is 0 Å². The van der Waals surface area contributed by atoms with Crippen LogP contribution in [0.1, 0.15) is 31.2 Å². The van der Waals surface area contributed by atoms with E-state index in [1.54, 1.807) is 6.07 Å². The number of rotatable bonds is 5. The summed E-state index contributed by atoms with van der Waals surface area (Å²) in [4.78, 5) is 13.1. The first-order chi connectivity index (χ1) is 10.1. The second kappa shape index (κ2) is 5.93. The molecule has 1 N–H and O–H groups in total. The Morgan fingerprint density at radius 2 is 2.19 bits per heavy atom. The molecule has 0 amide bonds. The lowest BCUT2D eigenvalue weighted by Gasteiger charge is -2.29. The monoisotopic (exact) mass is 353 g/mol. The minimum absolute atomic E-state index is 0.181. The topological polar surface area (TPSA) is 58.4 Å². The number of halogens is 1. The first-order valence-electron chi connectivity index (χ1n) is 7.51. The van der Waals surface area contributed by atoms with Crippen LogP contribution in [-0.2, 0) is 0 Å². The van der Waals surface area contributed by atoms with Crippen LogP contribution in [0, 0.1) is 17.0 Å². The third-order valence-electron chi connectivity index (χ3n) is 4.34. The molecule has 1 unspecified atom stereocenters. The largest absolute Gasteiger partial charge is 0.366 e. The summed E-state index contributed by atoms with van der Waals surface area (Å²) in [5.41, 5.74) is 2.00. The summed E-state index contributed by atoms with van der Waals surface area (Å²) in [6, 6.07) is 4.72. The zero-order valence-corrected chi connectivity index (χ0v) is 13.7. The van der Waals surface area contributed by atoms with Gasteiger partial charge in [0.05, 0.1) is 10.6 Å². The standard InChI is InChI=1S/C15H20BrN3O2/c1-10-7-15(13(16)8-14(10)19(20)21)18(12-4-5-12)9-11-3-2-6-17-11/h7-8,11-12,17H,2-6,9H2,1H3. The number of nitro benzene ring substituents is 1. The molecule has 1 aromatic rings. The van der Waals surface area contributed by atoms with Crippen LogP contribution in [0.5, 0.6) is 0 Å². The molecular weight excluding hydrogens is 334 g/mol. The van der Waals surface area contributed by atoms with E-state index in [0.717, 1.165) is 28.8 Å². The van der Waals surface area contributed by atoms with Crippen LogP contribution < -0.4 is 10.2 Å². The summed E-state index contributed by atoms with van der Waals surface area (Å²) in [6.45, 7) is 3.90. The molecule has 0 radical (unpaired) electrons. The Labute approximate surface area is 133 Å². The number of nitro groups is 1. The molecule has 3 rings (SSSR count). The smallest absolute Gasteiger partial charge is 0.273 e. The van der Waals surface area contributed by atoms with Gasteiger partial charge in [-0.25, -0.2) is 0 Å². The molecule has 1 saturated carbocycles. The Hall–Kier alpha value is -1.14. The number of hydrogen-bond acceptors (Lipinski definition) is 4. The zero-order chi connectivity index (χ0) is 15.0. The van der Waals surface area contributed by atoms with Gasteiger partial charge in [-0.15, -0.1) is 0 Å². The van der Waals surface area contributed by atoms with E-state index in [-0.39, 0.29) is 10.6 Å². The molecule has 114 valence electrons. The molecule has 5 nitrogen and oxygen atoms in total. The fourth-order valence-corrected chi connectivity index (χ4v) is 3.61. The normalized spacial score (nSPS) is 21.5. The summed E-state index contributed by atoms with van der Waals surface area (Å²) in [7, 11) is 0. The molecule has 1 aliphatic heterocycles. The highest BCUT2D eigenvalue weighted by molar-refractivity contribution is 9.10. The average molecular weight is 354 g/mol. The van der Waals surface area contributed by atoms with Crippen molar-refractivity contribution >= 4 is 27.3 Å². The maximum atomic E-state index is 11.0. The minimum Gasteiger partial charge on any atom is -0.366 e. The van der Waals surface area contributed by atoms with Crippen molar-refractivity contribution in [2.75, 3.05) is 18.0 Å². The van der Waals surface area contributed by atoms with Crippen molar-refractivity contribution in [2.24, 2.45) is 0 Å². The van der Waals surface area contributed by atoms with Crippen molar-refractivity contribution < 1.29 is 4.92 Å². The molecular formula is C15H20BrN3O2. The minimum atomic E-state index is -0.316. The molecule has 21 heavy (non-hydrogen) atoms. The van der Waals surface area contributed by atoms with Crippen LogP contribution in [-0.4, -0.2) is 30.1 Å². The van der Waals surface area contributed by atoms with Crippen LogP contribution in [0.25, 0.3) is 0 Å². The molecule has 1 saturated heterocycles. The van der Waals surface area contributed by atoms with E-state index < -0.39 is 0 Å². The Morgan fingerprint density at radius 1 is 1.43 bits per heavy atom. The van der Waals surface area contributed by atoms with Gasteiger partial charge in [-0.3, -0.25) is 10.1 Å². The lowest BCUT2D eigenvalue weighted by atomic mass is 10.1. The maximum Gasteiger partial charge on any atom is 0.273 e. The van der Waals surface area contributed by atoms with Gasteiger partial charge in [-0.05, 0) is 61.1 Å². The number of benzene rings is 1. The Morgan fingerprint density at radius 3 is 2.76 bits per heavy atom. The third kappa shape index (κ3) is 3.21. The highest BCUT2D eigenvalue weighted by atomic mass is 79.9. The van der Waals surface area contributed by atoms with Crippen LogP contribution in [0.2, 0.25) is 0 Å². The van der Waals surface area contributed by atoms with Crippen molar-refractivity contribution in [3.63, 3.8) is 0 Å². The van der Waals surface area contributed by atoms with Gasteiger partial charge in [0.1, 0.15) is 0 Å². The van der Waals surface area contributed by atoms with E-state index in [1.807, 2.05) is 13.0 Å². The van der Waals surface area contributed by atoms with Crippen LogP contribution >= 0.6 is 15.9 Å². The molecule has 1 atom stereocenters. The fourth-order valence-electron chi connectivity index (χ4n) is 3.05. The first-order valence-corrected chi connectivity index (χ1v) is 8.30. The van der Waals surface area contributed by atoms with Gasteiger partial charge in [-0.2, -0.15) is 0 Å². The molecule has 2 fully saturated rings. The summed E-state index contributed by atoms with van der Waals surface area (Å²) in [6.07, 6.45) is 4.89. The molecule has 0 bridgehead atoms. The first kappa shape index (κ1) is 14.8. The van der Waals surface area contributed by atoms with E-state index in [2.05, 4.69) is 26.1 Å². The average Bonchev–Trinajstić information content (AvgIpc) is 3.15. The second-order valence-electron chi connectivity index (χ2n) is 6.02. The lowest BCUT2D eigenvalue weighted by Crippen LogP contribution is -2.39. The Bertz CT molecular complexity index is 554. The summed E-state index contributed by atoms with van der Waals surface area (Å²) >= 11 is 3.53. The molecule has 0 spiro atoms. The van der Waals surface area contributed by atoms with E-state index in [0.29, 0.717) is 12.1 Å². The van der Waals surface area contributed by atoms with Crippen LogP contribution in [0.3, 0.4) is 0 Å². The van der Waals surface area contributed by atoms with Gasteiger partial charge in [0, 0.05) is 34.7 Å². The number of hydrogen-bond donors (Lipinski definition) is 1. The fraction of sp³-hybridized carbons (Fsp3) is 0.600. The van der Waals surface area contributed by atoms with E-state index in [9.17, 15) is 10.1 Å². The summed E-state index contributed by atoms with van der Waals surface area (Å²) in [5.74, 6) is 0. The van der Waals surface area contributed by atoms with E-state index in [1.165, 1.54) is 25.7 Å². The number of nitrogens with one attached hydrogen (secondary N) is 1. The number of aryl methyl sites for hydroxylation is 1. The van der Waals surface area contributed by atoms with Gasteiger partial charge in [0.15, 0.2) is 0 Å². The molecule has 0 aromatic heterocycles. The van der Waals surface area contributed by atoms with Gasteiger partial charge in [0.2, 0.25) is 0 Å². The number of nitrogens with zero attached hydrogens (tertiary/aromatic N) is 2. The molecule has 6 heteroatoms. The second-order valence-corrected chi connectivity index (χ2v) is 6.88. The zero-order valence-electron chi connectivity index (χ0n) is 12.1. The molecule has 1 heterocycles. The highest BCUT2D eigenvalue weighted by Gasteiger charge is 2.33. The van der Waals surface area contributed by atoms with E-state index in [4.69, 9.17) is 0 Å². The summed E-state index contributed by atoms with van der Waals surface area (Å²) in [5, 5.41) is 14.6. The molecule has 2 aliphatic rings. The Balaban J connectivity index is 1.88. The molecule has 1 aromatic carbocycles. The highest BCUT2D eigenvalue weighted by Crippen LogP contribution is 2.39. The van der Waals surface area contributed by atoms with Crippen molar-refractivity contribution in [2.45, 2.75) is 44.7 Å². The van der Waals surface area contributed by atoms with Crippen molar-refractivity contribution in [1.82, 2.24) is 5.32 Å². The number of anilines is 1. The predicted molar refractivity (Wildman–Crippen MR) is 86.9 cm³/mol. The lowest BCUT2D eigenvalue weighted by molar-refractivity contribution is -0.385. The molecule has 1 aliphatic carbocycles. The van der Waals surface area contributed by atoms with Crippen molar-refractivity contribution in [3.8, 4) is 0 Å². The predicted octanol–water partition coefficient (Wildman–Crippen LogP) is 3.39. The van der Waals surface area contributed by atoms with Gasteiger partial charge >= 0.3 is 0 Å². The van der Waals surface area contributed by atoms with Crippen LogP contribution in [0.15, 0.2) is 16.6 Å². The third-order valence-corrected chi connectivity index (χ3v) is 4.97. The maximum absolute atomic E-state index is 11.0. The van der Waals surface area contributed by atoms with Gasteiger partial charge in [0.25, 0.3) is 5.69 Å². The van der Waals surface area contributed by atoms with Gasteiger partial charge in [-0.1, -0.05) is 0 Å². The van der Waals surface area contributed by atoms with Crippen LogP contribution in [0.4, 0.5) is 11.4 Å². The van der Waals surface area contributed by atoms with E-state index >= 15 is 0 Å².